The summed E-state index contributed by atoms with van der Waals surface area (Å²) >= 11 is 12.2. The molecule has 1 saturated heterocycles. The van der Waals surface area contributed by atoms with Crippen LogP contribution in [-0.4, -0.2) is 53.4 Å². The van der Waals surface area contributed by atoms with Gasteiger partial charge in [-0.25, -0.2) is 12.8 Å². The minimum absolute atomic E-state index is 0.0936. The Hall–Kier alpha value is -2.20. The van der Waals surface area contributed by atoms with E-state index in [0.29, 0.717) is 10.6 Å². The van der Waals surface area contributed by atoms with E-state index in [1.807, 2.05) is 0 Å². The van der Waals surface area contributed by atoms with Crippen molar-refractivity contribution in [3.8, 4) is 0 Å². The van der Waals surface area contributed by atoms with Crippen molar-refractivity contribution in [3.05, 3.63) is 69.5 Å². The third-order valence-corrected chi connectivity index (χ3v) is 8.98. The summed E-state index contributed by atoms with van der Waals surface area (Å²) in [6, 6.07) is 8.69. The van der Waals surface area contributed by atoms with Crippen molar-refractivity contribution in [2.75, 3.05) is 5.75 Å². The number of aliphatic carboxylic acids is 1. The fraction of sp³-hybridized carbons (Fsp3) is 0.440. The number of ether oxygens (including phenoxy) is 1. The first-order valence-electron chi connectivity index (χ1n) is 11.5. The summed E-state index contributed by atoms with van der Waals surface area (Å²) in [5.41, 5.74) is 0.849. The van der Waals surface area contributed by atoms with Gasteiger partial charge in [0, 0.05) is 16.1 Å². The van der Waals surface area contributed by atoms with Crippen LogP contribution in [0.15, 0.2) is 42.5 Å². The molecule has 7 nitrogen and oxygen atoms in total. The zero-order valence-corrected chi connectivity index (χ0v) is 22.4. The molecule has 0 saturated carbocycles. The maximum atomic E-state index is 14.4. The number of carbonyl (C=O) groups excluding carboxylic acids is 1. The standard InChI is InChI=1S/C25H28Cl2FNO6S/c1-4-20(13-36(33,34)14(2)3)29-23(15-5-7-17(26)8-6-15)24(16-9-18(27)11-19(28)10-16)35-21(25(29)32)12-22(30)31/h5-11,14,20-21,23-24H,4,12-13H2,1-3H3,(H,30,31)/t20-,21-,23+,24+/m0/s1. The molecule has 196 valence electrons. The van der Waals surface area contributed by atoms with E-state index in [1.165, 1.54) is 17.0 Å². The van der Waals surface area contributed by atoms with Crippen LogP contribution in [0.1, 0.15) is 56.9 Å². The monoisotopic (exact) mass is 559 g/mol. The Bertz CT molecular complexity index is 1200. The summed E-state index contributed by atoms with van der Waals surface area (Å²) in [6.45, 7) is 4.87. The summed E-state index contributed by atoms with van der Waals surface area (Å²) < 4.78 is 46.2. The van der Waals surface area contributed by atoms with E-state index in [-0.39, 0.29) is 22.8 Å². The van der Waals surface area contributed by atoms with Crippen LogP contribution in [0, 0.1) is 5.82 Å². The highest BCUT2D eigenvalue weighted by atomic mass is 35.5. The highest BCUT2D eigenvalue weighted by Crippen LogP contribution is 2.45. The van der Waals surface area contributed by atoms with E-state index in [0.717, 1.165) is 6.07 Å². The fourth-order valence-electron chi connectivity index (χ4n) is 4.31. The molecule has 4 atom stereocenters. The molecule has 3 rings (SSSR count). The van der Waals surface area contributed by atoms with Crippen LogP contribution in [-0.2, 0) is 24.2 Å². The summed E-state index contributed by atoms with van der Waals surface area (Å²) in [4.78, 5) is 26.7. The van der Waals surface area contributed by atoms with E-state index in [2.05, 4.69) is 0 Å². The number of benzene rings is 2. The Morgan fingerprint density at radius 1 is 1.11 bits per heavy atom. The molecule has 0 spiro atoms. The third-order valence-electron chi connectivity index (χ3n) is 6.22. The number of carbonyl (C=O) groups is 2. The van der Waals surface area contributed by atoms with Gasteiger partial charge in [0.05, 0.1) is 23.5 Å². The maximum Gasteiger partial charge on any atom is 0.306 e. The van der Waals surface area contributed by atoms with Crippen molar-refractivity contribution in [1.82, 2.24) is 4.90 Å². The van der Waals surface area contributed by atoms with Gasteiger partial charge in [-0.3, -0.25) is 9.59 Å². The van der Waals surface area contributed by atoms with Gasteiger partial charge in [-0.1, -0.05) is 42.3 Å². The smallest absolute Gasteiger partial charge is 0.306 e. The summed E-state index contributed by atoms with van der Waals surface area (Å²) in [7, 11) is -3.58. The van der Waals surface area contributed by atoms with E-state index in [4.69, 9.17) is 27.9 Å². The molecular formula is C25H28Cl2FNO6S. The second-order valence-corrected chi connectivity index (χ2v) is 12.5. The van der Waals surface area contributed by atoms with Crippen molar-refractivity contribution < 1.29 is 32.2 Å². The van der Waals surface area contributed by atoms with Crippen LogP contribution in [0.3, 0.4) is 0 Å². The second kappa shape index (κ2) is 11.5. The topological polar surface area (TPSA) is 101 Å². The van der Waals surface area contributed by atoms with E-state index < -0.39 is 63.5 Å². The molecule has 1 heterocycles. The first kappa shape index (κ1) is 28.4. The second-order valence-electron chi connectivity index (χ2n) is 9.03. The van der Waals surface area contributed by atoms with E-state index >= 15 is 0 Å². The zero-order valence-electron chi connectivity index (χ0n) is 20.0. The molecule has 1 aliphatic rings. The third kappa shape index (κ3) is 6.37. The van der Waals surface area contributed by atoms with Crippen molar-refractivity contribution in [1.29, 1.82) is 0 Å². The van der Waals surface area contributed by atoms with Gasteiger partial charge in [0.1, 0.15) is 18.0 Å². The quantitative estimate of drug-likeness (QED) is 0.452. The molecule has 11 heteroatoms. The zero-order chi connectivity index (χ0) is 26.8. The SMILES string of the molecule is CC[C@@H](CS(=O)(=O)C(C)C)N1C(=O)[C@H](CC(=O)O)O[C@H](c2cc(F)cc(Cl)c2)[C@H]1c1ccc(Cl)cc1. The number of amides is 1. The average molecular weight is 560 g/mol. The van der Waals surface area contributed by atoms with Gasteiger partial charge < -0.3 is 14.7 Å². The summed E-state index contributed by atoms with van der Waals surface area (Å²) in [5.74, 6) is -2.88. The minimum Gasteiger partial charge on any atom is -0.481 e. The van der Waals surface area contributed by atoms with Crippen LogP contribution in [0.2, 0.25) is 10.0 Å². The van der Waals surface area contributed by atoms with Crippen molar-refractivity contribution >= 4 is 44.9 Å². The molecule has 0 bridgehead atoms. The van der Waals surface area contributed by atoms with Crippen LogP contribution in [0.5, 0.6) is 0 Å². The van der Waals surface area contributed by atoms with E-state index in [9.17, 15) is 27.5 Å². The molecule has 36 heavy (non-hydrogen) atoms. The number of nitrogens with zero attached hydrogens (tertiary/aromatic N) is 1. The van der Waals surface area contributed by atoms with Crippen molar-refractivity contribution in [3.63, 3.8) is 0 Å². The Kier molecular flexibility index (Phi) is 9.03. The lowest BCUT2D eigenvalue weighted by Gasteiger charge is -2.48. The van der Waals surface area contributed by atoms with Crippen LogP contribution in [0.25, 0.3) is 0 Å². The molecular weight excluding hydrogens is 532 g/mol. The number of hydrogen-bond acceptors (Lipinski definition) is 5. The Balaban J connectivity index is 2.23. The van der Waals surface area contributed by atoms with E-state index in [1.54, 1.807) is 45.0 Å². The maximum absolute atomic E-state index is 14.4. The lowest BCUT2D eigenvalue weighted by atomic mass is 9.89. The molecule has 0 aromatic heterocycles. The summed E-state index contributed by atoms with van der Waals surface area (Å²) in [6.07, 6.45) is -2.81. The minimum atomic E-state index is -3.58. The largest absolute Gasteiger partial charge is 0.481 e. The van der Waals surface area contributed by atoms with Gasteiger partial charge in [0.15, 0.2) is 9.84 Å². The number of carboxylic acids is 1. The van der Waals surface area contributed by atoms with Gasteiger partial charge in [0.25, 0.3) is 5.91 Å². The number of hydrogen-bond donors (Lipinski definition) is 1. The molecule has 1 amide bonds. The molecule has 1 aliphatic heterocycles. The van der Waals surface area contributed by atoms with Crippen molar-refractivity contribution in [2.24, 2.45) is 0 Å². The fourth-order valence-corrected chi connectivity index (χ4v) is 5.98. The lowest BCUT2D eigenvalue weighted by Crippen LogP contribution is -2.56. The highest BCUT2D eigenvalue weighted by Gasteiger charge is 2.48. The van der Waals surface area contributed by atoms with Gasteiger partial charge in [-0.05, 0) is 61.7 Å². The molecule has 0 radical (unpaired) electrons. The number of sulfone groups is 1. The molecule has 0 unspecified atom stereocenters. The van der Waals surface area contributed by atoms with Gasteiger partial charge in [0.2, 0.25) is 0 Å². The predicted octanol–water partition coefficient (Wildman–Crippen LogP) is 5.22. The van der Waals surface area contributed by atoms with Crippen molar-refractivity contribution in [2.45, 2.75) is 63.2 Å². The number of carboxylic acid groups (broad SMARTS) is 1. The molecule has 2 aromatic rings. The highest BCUT2D eigenvalue weighted by molar-refractivity contribution is 7.92. The normalized spacial score (nSPS) is 21.6. The first-order valence-corrected chi connectivity index (χ1v) is 13.9. The van der Waals surface area contributed by atoms with Crippen LogP contribution >= 0.6 is 23.2 Å². The Morgan fingerprint density at radius 3 is 2.28 bits per heavy atom. The first-order chi connectivity index (χ1) is 16.8. The summed E-state index contributed by atoms with van der Waals surface area (Å²) in [5, 5.41) is 9.30. The van der Waals surface area contributed by atoms with Gasteiger partial charge >= 0.3 is 5.97 Å². The van der Waals surface area contributed by atoms with Crippen LogP contribution in [0.4, 0.5) is 4.39 Å². The molecule has 2 aromatic carbocycles. The number of rotatable bonds is 9. The van der Waals surface area contributed by atoms with Crippen LogP contribution < -0.4 is 0 Å². The van der Waals surface area contributed by atoms with Gasteiger partial charge in [-0.15, -0.1) is 0 Å². The Morgan fingerprint density at radius 2 is 1.75 bits per heavy atom. The van der Waals surface area contributed by atoms with Gasteiger partial charge in [-0.2, -0.15) is 0 Å². The number of morpholine rings is 1. The molecule has 0 aliphatic carbocycles. The number of halogens is 3. The molecule has 1 fully saturated rings. The average Bonchev–Trinajstić information content (AvgIpc) is 2.78. The Labute approximate surface area is 220 Å². The predicted molar refractivity (Wildman–Crippen MR) is 135 cm³/mol. The lowest BCUT2D eigenvalue weighted by molar-refractivity contribution is -0.182. The molecule has 1 N–H and O–H groups in total.